The highest BCUT2D eigenvalue weighted by Gasteiger charge is 2.19. The second kappa shape index (κ2) is 4.93. The maximum absolute atomic E-state index is 11.8. The Balaban J connectivity index is 2.52. The molecule has 2 N–H and O–H groups in total. The van der Waals surface area contributed by atoms with E-state index >= 15 is 0 Å². The summed E-state index contributed by atoms with van der Waals surface area (Å²) in [4.78, 5) is 18.8. The predicted octanol–water partition coefficient (Wildman–Crippen LogP) is 1.54. The zero-order chi connectivity index (χ0) is 12.3. The maximum Gasteiger partial charge on any atom is 0.224 e. The molecule has 0 saturated heterocycles. The largest absolute Gasteiger partial charge is 0.340 e. The molecule has 0 fully saturated rings. The minimum absolute atomic E-state index is 0.0681. The normalized spacial score (nSPS) is 11.6. The standard InChI is InChI=1S/C11H19N3OS/c1-8-13-6-9(16-8)7-14(4)10(15)5-11(2,3)12/h6H,5,7,12H2,1-4H3. The van der Waals surface area contributed by atoms with Gasteiger partial charge in [0.05, 0.1) is 11.6 Å². The molecule has 1 aromatic rings. The van der Waals surface area contributed by atoms with E-state index in [4.69, 9.17) is 5.73 Å². The van der Waals surface area contributed by atoms with E-state index in [-0.39, 0.29) is 5.91 Å². The maximum atomic E-state index is 11.8. The van der Waals surface area contributed by atoms with Crippen LogP contribution in [0.3, 0.4) is 0 Å². The molecule has 90 valence electrons. The fraction of sp³-hybridized carbons (Fsp3) is 0.636. The summed E-state index contributed by atoms with van der Waals surface area (Å²) in [7, 11) is 1.79. The van der Waals surface area contributed by atoms with Crippen LogP contribution in [0.15, 0.2) is 6.20 Å². The minimum atomic E-state index is -0.449. The number of thiazole rings is 1. The number of aromatic nitrogens is 1. The lowest BCUT2D eigenvalue weighted by Crippen LogP contribution is -2.39. The van der Waals surface area contributed by atoms with Crippen molar-refractivity contribution in [2.45, 2.75) is 39.3 Å². The van der Waals surface area contributed by atoms with Crippen molar-refractivity contribution < 1.29 is 4.79 Å². The van der Waals surface area contributed by atoms with Gasteiger partial charge in [-0.05, 0) is 20.8 Å². The molecule has 0 spiro atoms. The molecule has 0 bridgehead atoms. The van der Waals surface area contributed by atoms with E-state index in [1.807, 2.05) is 27.0 Å². The number of carbonyl (C=O) groups excluding carboxylic acids is 1. The first-order chi connectivity index (χ1) is 7.28. The zero-order valence-corrected chi connectivity index (χ0v) is 11.1. The van der Waals surface area contributed by atoms with Gasteiger partial charge in [0.2, 0.25) is 5.91 Å². The van der Waals surface area contributed by atoms with Gasteiger partial charge in [-0.25, -0.2) is 4.98 Å². The highest BCUT2D eigenvalue weighted by Crippen LogP contribution is 2.15. The molecule has 0 atom stereocenters. The van der Waals surface area contributed by atoms with Crippen LogP contribution in [0, 0.1) is 6.92 Å². The molecule has 0 unspecified atom stereocenters. The molecule has 0 saturated carbocycles. The van der Waals surface area contributed by atoms with E-state index in [0.717, 1.165) is 9.88 Å². The minimum Gasteiger partial charge on any atom is -0.340 e. The number of nitrogens with two attached hydrogens (primary N) is 1. The van der Waals surface area contributed by atoms with Crippen molar-refractivity contribution in [3.05, 3.63) is 16.1 Å². The van der Waals surface area contributed by atoms with Crippen molar-refractivity contribution in [3.63, 3.8) is 0 Å². The molecule has 1 heterocycles. The van der Waals surface area contributed by atoms with Gasteiger partial charge in [0.1, 0.15) is 0 Å². The molecule has 0 aliphatic carbocycles. The Hall–Kier alpha value is -0.940. The first kappa shape index (κ1) is 13.1. The fourth-order valence-corrected chi connectivity index (χ4v) is 2.17. The Morgan fingerprint density at radius 2 is 2.25 bits per heavy atom. The molecule has 0 radical (unpaired) electrons. The zero-order valence-electron chi connectivity index (χ0n) is 10.3. The number of carbonyl (C=O) groups is 1. The average molecular weight is 241 g/mol. The molecule has 5 heteroatoms. The van der Waals surface area contributed by atoms with Crippen LogP contribution in [-0.2, 0) is 11.3 Å². The summed E-state index contributed by atoms with van der Waals surface area (Å²) in [5, 5.41) is 1.02. The van der Waals surface area contributed by atoms with Gasteiger partial charge in [0.25, 0.3) is 0 Å². The second-order valence-electron chi connectivity index (χ2n) is 4.76. The van der Waals surface area contributed by atoms with E-state index in [2.05, 4.69) is 4.98 Å². The quantitative estimate of drug-likeness (QED) is 0.870. The molecular weight excluding hydrogens is 222 g/mol. The van der Waals surface area contributed by atoms with Gasteiger partial charge in [-0.15, -0.1) is 11.3 Å². The van der Waals surface area contributed by atoms with E-state index < -0.39 is 5.54 Å². The van der Waals surface area contributed by atoms with Crippen LogP contribution < -0.4 is 5.73 Å². The molecule has 0 aliphatic rings. The second-order valence-corrected chi connectivity index (χ2v) is 6.08. The summed E-state index contributed by atoms with van der Waals surface area (Å²) >= 11 is 1.62. The molecule has 0 aromatic carbocycles. The molecule has 1 rings (SSSR count). The van der Waals surface area contributed by atoms with Crippen LogP contribution in [0.25, 0.3) is 0 Å². The highest BCUT2D eigenvalue weighted by atomic mass is 32.1. The van der Waals surface area contributed by atoms with Gasteiger partial charge >= 0.3 is 0 Å². The monoisotopic (exact) mass is 241 g/mol. The Morgan fingerprint density at radius 3 is 2.69 bits per heavy atom. The fourth-order valence-electron chi connectivity index (χ4n) is 1.33. The summed E-state index contributed by atoms with van der Waals surface area (Å²) in [6.07, 6.45) is 2.18. The smallest absolute Gasteiger partial charge is 0.224 e. The Morgan fingerprint density at radius 1 is 1.62 bits per heavy atom. The van der Waals surface area contributed by atoms with Gasteiger partial charge in [-0.2, -0.15) is 0 Å². The number of amides is 1. The summed E-state index contributed by atoms with van der Waals surface area (Å²) < 4.78 is 0. The van der Waals surface area contributed by atoms with E-state index in [0.29, 0.717) is 13.0 Å². The van der Waals surface area contributed by atoms with E-state index in [1.54, 1.807) is 23.3 Å². The lowest BCUT2D eigenvalue weighted by molar-refractivity contribution is -0.131. The number of aryl methyl sites for hydroxylation is 1. The van der Waals surface area contributed by atoms with Gasteiger partial charge in [0.15, 0.2) is 0 Å². The molecule has 4 nitrogen and oxygen atoms in total. The van der Waals surface area contributed by atoms with Crippen LogP contribution >= 0.6 is 11.3 Å². The SMILES string of the molecule is Cc1ncc(CN(C)C(=O)CC(C)(C)N)s1. The van der Waals surface area contributed by atoms with Crippen molar-refractivity contribution >= 4 is 17.2 Å². The molecule has 16 heavy (non-hydrogen) atoms. The summed E-state index contributed by atoms with van der Waals surface area (Å²) in [6.45, 7) is 6.28. The van der Waals surface area contributed by atoms with Gasteiger partial charge in [-0.3, -0.25) is 4.79 Å². The average Bonchev–Trinajstić information content (AvgIpc) is 2.48. The van der Waals surface area contributed by atoms with E-state index in [9.17, 15) is 4.79 Å². The van der Waals surface area contributed by atoms with Crippen LogP contribution in [0.1, 0.15) is 30.2 Å². The van der Waals surface area contributed by atoms with Crippen molar-refractivity contribution in [1.29, 1.82) is 0 Å². The summed E-state index contributed by atoms with van der Waals surface area (Å²) in [6, 6.07) is 0. The number of rotatable bonds is 4. The van der Waals surface area contributed by atoms with Gasteiger partial charge in [0, 0.05) is 30.1 Å². The topological polar surface area (TPSA) is 59.2 Å². The Bertz CT molecular complexity index is 368. The van der Waals surface area contributed by atoms with Crippen molar-refractivity contribution in [3.8, 4) is 0 Å². The van der Waals surface area contributed by atoms with Crippen molar-refractivity contribution in [2.24, 2.45) is 5.73 Å². The van der Waals surface area contributed by atoms with Gasteiger partial charge in [-0.1, -0.05) is 0 Å². The van der Waals surface area contributed by atoms with Gasteiger partial charge < -0.3 is 10.6 Å². The van der Waals surface area contributed by atoms with Crippen LogP contribution in [0.4, 0.5) is 0 Å². The first-order valence-corrected chi connectivity index (χ1v) is 6.04. The number of nitrogens with zero attached hydrogens (tertiary/aromatic N) is 2. The summed E-state index contributed by atoms with van der Waals surface area (Å²) in [5.41, 5.74) is 5.36. The Labute approximate surface area is 100 Å². The third kappa shape index (κ3) is 4.28. The number of hydrogen-bond acceptors (Lipinski definition) is 4. The van der Waals surface area contributed by atoms with Crippen LogP contribution in [-0.4, -0.2) is 28.4 Å². The third-order valence-corrected chi connectivity index (χ3v) is 2.99. The summed E-state index contributed by atoms with van der Waals surface area (Å²) in [5.74, 6) is 0.0681. The predicted molar refractivity (Wildman–Crippen MR) is 66.2 cm³/mol. The molecular formula is C11H19N3OS. The molecule has 0 aliphatic heterocycles. The molecule has 1 amide bonds. The third-order valence-electron chi connectivity index (χ3n) is 2.09. The Kier molecular flexibility index (Phi) is 4.04. The van der Waals surface area contributed by atoms with Crippen molar-refractivity contribution in [1.82, 2.24) is 9.88 Å². The highest BCUT2D eigenvalue weighted by molar-refractivity contribution is 7.11. The van der Waals surface area contributed by atoms with E-state index in [1.165, 1.54) is 0 Å². The van der Waals surface area contributed by atoms with Crippen LogP contribution in [0.5, 0.6) is 0 Å². The first-order valence-electron chi connectivity index (χ1n) is 5.22. The lowest BCUT2D eigenvalue weighted by Gasteiger charge is -2.22. The number of hydrogen-bond donors (Lipinski definition) is 1. The molecule has 1 aromatic heterocycles. The lowest BCUT2D eigenvalue weighted by atomic mass is 10.0. The van der Waals surface area contributed by atoms with Crippen molar-refractivity contribution in [2.75, 3.05) is 7.05 Å². The van der Waals surface area contributed by atoms with Crippen LogP contribution in [0.2, 0.25) is 0 Å².